The van der Waals surface area contributed by atoms with E-state index in [-0.39, 0.29) is 5.91 Å². The van der Waals surface area contributed by atoms with Crippen molar-refractivity contribution in [1.82, 2.24) is 9.88 Å². The lowest BCUT2D eigenvalue weighted by Gasteiger charge is -2.26. The second-order valence-electron chi connectivity index (χ2n) is 5.02. The van der Waals surface area contributed by atoms with Gasteiger partial charge in [-0.1, -0.05) is 18.2 Å². The molecular weight excluding hydrogens is 224 g/mol. The van der Waals surface area contributed by atoms with Crippen molar-refractivity contribution in [2.75, 3.05) is 13.1 Å². The van der Waals surface area contributed by atoms with Gasteiger partial charge >= 0.3 is 0 Å². The lowest BCUT2D eigenvalue weighted by atomic mass is 10.1. The van der Waals surface area contributed by atoms with Crippen molar-refractivity contribution >= 4 is 16.8 Å². The number of hydrogen-bond acceptors (Lipinski definition) is 1. The summed E-state index contributed by atoms with van der Waals surface area (Å²) in [5.74, 6) is 0.185. The Hall–Kier alpha value is -1.77. The molecule has 1 saturated heterocycles. The Kier molecular flexibility index (Phi) is 2.82. The average Bonchev–Trinajstić information content (AvgIpc) is 2.75. The SMILES string of the molecule is Cc1[nH]c2ccccc2c1C(=O)N1CCCCC1. The van der Waals surface area contributed by atoms with Crippen molar-refractivity contribution in [3.8, 4) is 0 Å². The third kappa shape index (κ3) is 1.80. The molecule has 1 aromatic heterocycles. The predicted octanol–water partition coefficient (Wildman–Crippen LogP) is 3.10. The highest BCUT2D eigenvalue weighted by Gasteiger charge is 2.22. The standard InChI is InChI=1S/C15H18N2O/c1-11-14(12-7-3-4-8-13(12)16-11)15(18)17-9-5-2-6-10-17/h3-4,7-8,16H,2,5-6,9-10H2,1H3. The quantitative estimate of drug-likeness (QED) is 0.819. The summed E-state index contributed by atoms with van der Waals surface area (Å²) in [6, 6.07) is 8.03. The highest BCUT2D eigenvalue weighted by molar-refractivity contribution is 6.08. The van der Waals surface area contributed by atoms with Gasteiger partial charge in [0.15, 0.2) is 0 Å². The Bertz CT molecular complexity index is 579. The number of nitrogens with zero attached hydrogens (tertiary/aromatic N) is 1. The zero-order valence-electron chi connectivity index (χ0n) is 10.7. The van der Waals surface area contributed by atoms with Gasteiger partial charge in [-0.2, -0.15) is 0 Å². The van der Waals surface area contributed by atoms with Gasteiger partial charge in [-0.3, -0.25) is 4.79 Å². The molecular formula is C15H18N2O. The molecule has 0 spiro atoms. The van der Waals surface area contributed by atoms with Crippen LogP contribution in [0.3, 0.4) is 0 Å². The minimum absolute atomic E-state index is 0.185. The lowest BCUT2D eigenvalue weighted by molar-refractivity contribution is 0.0725. The number of likely N-dealkylation sites (tertiary alicyclic amines) is 1. The van der Waals surface area contributed by atoms with Gasteiger partial charge in [-0.15, -0.1) is 0 Å². The predicted molar refractivity (Wildman–Crippen MR) is 72.8 cm³/mol. The fourth-order valence-electron chi connectivity index (χ4n) is 2.81. The molecule has 0 radical (unpaired) electrons. The highest BCUT2D eigenvalue weighted by atomic mass is 16.2. The molecule has 3 nitrogen and oxygen atoms in total. The second-order valence-corrected chi connectivity index (χ2v) is 5.02. The number of aryl methyl sites for hydroxylation is 1. The summed E-state index contributed by atoms with van der Waals surface area (Å²) in [7, 11) is 0. The molecule has 1 fully saturated rings. The molecule has 0 bridgehead atoms. The number of aromatic nitrogens is 1. The summed E-state index contributed by atoms with van der Waals surface area (Å²) in [6.45, 7) is 3.78. The van der Waals surface area contributed by atoms with Gasteiger partial charge < -0.3 is 9.88 Å². The third-order valence-electron chi connectivity index (χ3n) is 3.75. The zero-order chi connectivity index (χ0) is 12.5. The Morgan fingerprint density at radius 1 is 1.17 bits per heavy atom. The van der Waals surface area contributed by atoms with Crippen LogP contribution in [-0.4, -0.2) is 28.9 Å². The second kappa shape index (κ2) is 4.48. The number of piperidine rings is 1. The van der Waals surface area contributed by atoms with Crippen LogP contribution >= 0.6 is 0 Å². The summed E-state index contributed by atoms with van der Waals surface area (Å²) in [5.41, 5.74) is 2.88. The van der Waals surface area contributed by atoms with Gasteiger partial charge in [0.1, 0.15) is 0 Å². The summed E-state index contributed by atoms with van der Waals surface area (Å²) in [6.07, 6.45) is 3.51. The third-order valence-corrected chi connectivity index (χ3v) is 3.75. The van der Waals surface area contributed by atoms with E-state index in [1.165, 1.54) is 6.42 Å². The molecule has 1 N–H and O–H groups in total. The minimum atomic E-state index is 0.185. The van der Waals surface area contributed by atoms with Crippen LogP contribution in [0.4, 0.5) is 0 Å². The normalized spacial score (nSPS) is 16.2. The Morgan fingerprint density at radius 2 is 1.89 bits per heavy atom. The maximum atomic E-state index is 12.6. The number of aromatic amines is 1. The fourth-order valence-corrected chi connectivity index (χ4v) is 2.81. The Balaban J connectivity index is 2.02. The van der Waals surface area contributed by atoms with Crippen molar-refractivity contribution < 1.29 is 4.79 Å². The monoisotopic (exact) mass is 242 g/mol. The van der Waals surface area contributed by atoms with Crippen LogP contribution in [0, 0.1) is 6.92 Å². The Labute approximate surface area is 107 Å². The molecule has 94 valence electrons. The number of carbonyl (C=O) groups is 1. The molecule has 0 aliphatic carbocycles. The maximum absolute atomic E-state index is 12.6. The summed E-state index contributed by atoms with van der Waals surface area (Å²) in [4.78, 5) is 17.9. The Morgan fingerprint density at radius 3 is 2.67 bits per heavy atom. The first kappa shape index (κ1) is 11.3. The average molecular weight is 242 g/mol. The number of amides is 1. The number of para-hydroxylation sites is 1. The van der Waals surface area contributed by atoms with E-state index < -0.39 is 0 Å². The van der Waals surface area contributed by atoms with Crippen LogP contribution in [0.15, 0.2) is 24.3 Å². The number of benzene rings is 1. The molecule has 3 heteroatoms. The van der Waals surface area contributed by atoms with E-state index in [4.69, 9.17) is 0 Å². The summed E-state index contributed by atoms with van der Waals surface area (Å²) >= 11 is 0. The number of nitrogens with one attached hydrogen (secondary N) is 1. The molecule has 2 aromatic rings. The minimum Gasteiger partial charge on any atom is -0.358 e. The topological polar surface area (TPSA) is 36.1 Å². The van der Waals surface area contributed by atoms with Crippen molar-refractivity contribution in [3.05, 3.63) is 35.5 Å². The molecule has 1 aliphatic rings. The van der Waals surface area contributed by atoms with E-state index in [0.717, 1.165) is 48.1 Å². The lowest BCUT2D eigenvalue weighted by Crippen LogP contribution is -2.35. The van der Waals surface area contributed by atoms with Crippen molar-refractivity contribution in [1.29, 1.82) is 0 Å². The van der Waals surface area contributed by atoms with E-state index in [9.17, 15) is 4.79 Å². The van der Waals surface area contributed by atoms with E-state index in [2.05, 4.69) is 4.98 Å². The van der Waals surface area contributed by atoms with Crippen LogP contribution in [0.2, 0.25) is 0 Å². The van der Waals surface area contributed by atoms with E-state index in [1.54, 1.807) is 0 Å². The van der Waals surface area contributed by atoms with E-state index in [1.807, 2.05) is 36.1 Å². The largest absolute Gasteiger partial charge is 0.358 e. The molecule has 3 rings (SSSR count). The van der Waals surface area contributed by atoms with Gasteiger partial charge in [0, 0.05) is 29.7 Å². The van der Waals surface area contributed by atoms with Gasteiger partial charge in [0.05, 0.1) is 5.56 Å². The van der Waals surface area contributed by atoms with Gasteiger partial charge in [0.25, 0.3) is 5.91 Å². The summed E-state index contributed by atoms with van der Waals surface area (Å²) in [5, 5.41) is 1.05. The number of H-pyrrole nitrogens is 1. The number of rotatable bonds is 1. The molecule has 18 heavy (non-hydrogen) atoms. The summed E-state index contributed by atoms with van der Waals surface area (Å²) < 4.78 is 0. The highest BCUT2D eigenvalue weighted by Crippen LogP contribution is 2.24. The van der Waals surface area contributed by atoms with Crippen molar-refractivity contribution in [2.24, 2.45) is 0 Å². The van der Waals surface area contributed by atoms with Crippen LogP contribution < -0.4 is 0 Å². The van der Waals surface area contributed by atoms with Crippen molar-refractivity contribution in [3.63, 3.8) is 0 Å². The van der Waals surface area contributed by atoms with Crippen LogP contribution in [0.5, 0.6) is 0 Å². The zero-order valence-corrected chi connectivity index (χ0v) is 10.7. The van der Waals surface area contributed by atoms with Crippen LogP contribution in [0.25, 0.3) is 10.9 Å². The van der Waals surface area contributed by atoms with Crippen molar-refractivity contribution in [2.45, 2.75) is 26.2 Å². The van der Waals surface area contributed by atoms with Gasteiger partial charge in [-0.25, -0.2) is 0 Å². The number of hydrogen-bond donors (Lipinski definition) is 1. The van der Waals surface area contributed by atoms with Gasteiger partial charge in [-0.05, 0) is 32.3 Å². The molecule has 0 saturated carbocycles. The number of carbonyl (C=O) groups excluding carboxylic acids is 1. The fraction of sp³-hybridized carbons (Fsp3) is 0.400. The van der Waals surface area contributed by atoms with Gasteiger partial charge in [0.2, 0.25) is 0 Å². The first-order chi connectivity index (χ1) is 8.77. The first-order valence-electron chi connectivity index (χ1n) is 6.64. The first-order valence-corrected chi connectivity index (χ1v) is 6.64. The van der Waals surface area contributed by atoms with E-state index >= 15 is 0 Å². The molecule has 1 aliphatic heterocycles. The molecule has 0 unspecified atom stereocenters. The van der Waals surface area contributed by atoms with E-state index in [0.29, 0.717) is 0 Å². The smallest absolute Gasteiger partial charge is 0.256 e. The molecule has 1 amide bonds. The van der Waals surface area contributed by atoms with Crippen LogP contribution in [-0.2, 0) is 0 Å². The van der Waals surface area contributed by atoms with Crippen LogP contribution in [0.1, 0.15) is 35.3 Å². The molecule has 0 atom stereocenters. The maximum Gasteiger partial charge on any atom is 0.256 e. The number of fused-ring (bicyclic) bond motifs is 1. The molecule has 1 aromatic carbocycles. The molecule has 2 heterocycles.